The van der Waals surface area contributed by atoms with Crippen LogP contribution in [0.2, 0.25) is 0 Å². The van der Waals surface area contributed by atoms with Crippen molar-refractivity contribution in [2.24, 2.45) is 11.7 Å². The van der Waals surface area contributed by atoms with E-state index in [0.29, 0.717) is 12.0 Å². The molecule has 0 aliphatic heterocycles. The van der Waals surface area contributed by atoms with Gasteiger partial charge in [0.15, 0.2) is 0 Å². The van der Waals surface area contributed by atoms with Crippen molar-refractivity contribution < 1.29 is 9.47 Å². The molecule has 0 saturated heterocycles. The van der Waals surface area contributed by atoms with Gasteiger partial charge in [0, 0.05) is 24.2 Å². The van der Waals surface area contributed by atoms with E-state index in [9.17, 15) is 0 Å². The summed E-state index contributed by atoms with van der Waals surface area (Å²) in [6.45, 7) is 1.67. The fourth-order valence-electron chi connectivity index (χ4n) is 3.24. The molecule has 0 radical (unpaired) electrons. The van der Waals surface area contributed by atoms with E-state index >= 15 is 0 Å². The van der Waals surface area contributed by atoms with Crippen LogP contribution in [0.15, 0.2) is 18.2 Å². The van der Waals surface area contributed by atoms with Crippen LogP contribution in [0, 0.1) is 5.92 Å². The van der Waals surface area contributed by atoms with Gasteiger partial charge in [-0.25, -0.2) is 0 Å². The van der Waals surface area contributed by atoms with Gasteiger partial charge in [-0.1, -0.05) is 12.5 Å². The Morgan fingerprint density at radius 2 is 2.05 bits per heavy atom. The molecular formula is C16H26N2O2. The first-order valence-corrected chi connectivity index (χ1v) is 7.30. The normalized spacial score (nSPS) is 22.2. The zero-order valence-electron chi connectivity index (χ0n) is 12.8. The van der Waals surface area contributed by atoms with Crippen LogP contribution in [-0.2, 0) is 6.54 Å². The zero-order valence-corrected chi connectivity index (χ0v) is 12.8. The summed E-state index contributed by atoms with van der Waals surface area (Å²) in [5, 5.41) is 0. The van der Waals surface area contributed by atoms with E-state index in [0.717, 1.165) is 24.6 Å². The van der Waals surface area contributed by atoms with Crippen molar-refractivity contribution in [3.05, 3.63) is 23.8 Å². The fourth-order valence-corrected chi connectivity index (χ4v) is 3.24. The van der Waals surface area contributed by atoms with Crippen LogP contribution in [0.1, 0.15) is 24.8 Å². The predicted octanol–water partition coefficient (Wildman–Crippen LogP) is 2.26. The van der Waals surface area contributed by atoms with Gasteiger partial charge in [0.05, 0.1) is 14.2 Å². The molecule has 0 heterocycles. The van der Waals surface area contributed by atoms with Crippen molar-refractivity contribution in [3.63, 3.8) is 0 Å². The number of benzene rings is 1. The monoisotopic (exact) mass is 278 g/mol. The van der Waals surface area contributed by atoms with Crippen molar-refractivity contribution in [2.45, 2.75) is 31.8 Å². The Balaban J connectivity index is 2.09. The molecule has 2 atom stereocenters. The van der Waals surface area contributed by atoms with Gasteiger partial charge in [-0.2, -0.15) is 0 Å². The molecule has 20 heavy (non-hydrogen) atoms. The van der Waals surface area contributed by atoms with E-state index < -0.39 is 0 Å². The van der Waals surface area contributed by atoms with Crippen molar-refractivity contribution in [2.75, 3.05) is 27.8 Å². The average molecular weight is 278 g/mol. The first-order valence-electron chi connectivity index (χ1n) is 7.30. The summed E-state index contributed by atoms with van der Waals surface area (Å²) in [6, 6.07) is 6.60. The van der Waals surface area contributed by atoms with E-state index in [1.807, 2.05) is 12.1 Å². The molecule has 0 amide bonds. The topological polar surface area (TPSA) is 47.7 Å². The highest BCUT2D eigenvalue weighted by molar-refractivity contribution is 5.40. The van der Waals surface area contributed by atoms with Crippen LogP contribution in [0.4, 0.5) is 0 Å². The van der Waals surface area contributed by atoms with Gasteiger partial charge < -0.3 is 15.2 Å². The van der Waals surface area contributed by atoms with Crippen LogP contribution in [-0.4, -0.2) is 38.8 Å². The molecule has 1 aliphatic carbocycles. The highest BCUT2D eigenvalue weighted by atomic mass is 16.5. The van der Waals surface area contributed by atoms with E-state index in [4.69, 9.17) is 15.2 Å². The lowest BCUT2D eigenvalue weighted by Gasteiger charge is -2.29. The van der Waals surface area contributed by atoms with E-state index in [-0.39, 0.29) is 0 Å². The quantitative estimate of drug-likeness (QED) is 0.867. The summed E-state index contributed by atoms with van der Waals surface area (Å²) in [4.78, 5) is 2.41. The fraction of sp³-hybridized carbons (Fsp3) is 0.625. The summed E-state index contributed by atoms with van der Waals surface area (Å²) in [7, 11) is 5.56. The summed E-state index contributed by atoms with van der Waals surface area (Å²) in [6.07, 6.45) is 3.79. The summed E-state index contributed by atoms with van der Waals surface area (Å²) in [5.74, 6) is 2.34. The molecule has 2 N–H and O–H groups in total. The Morgan fingerprint density at radius 3 is 2.70 bits per heavy atom. The van der Waals surface area contributed by atoms with Gasteiger partial charge in [-0.3, -0.25) is 4.90 Å². The number of rotatable bonds is 6. The molecule has 1 aromatic carbocycles. The SMILES string of the molecule is COc1ccc(CN(C)C2CCCC2CN)c(OC)c1. The van der Waals surface area contributed by atoms with Crippen molar-refractivity contribution in [1.82, 2.24) is 4.90 Å². The predicted molar refractivity (Wildman–Crippen MR) is 81.2 cm³/mol. The van der Waals surface area contributed by atoms with Gasteiger partial charge in [-0.05, 0) is 38.4 Å². The maximum atomic E-state index is 5.88. The van der Waals surface area contributed by atoms with Crippen molar-refractivity contribution in [3.8, 4) is 11.5 Å². The highest BCUT2D eigenvalue weighted by Gasteiger charge is 2.29. The highest BCUT2D eigenvalue weighted by Crippen LogP contribution is 2.31. The molecule has 1 fully saturated rings. The minimum atomic E-state index is 0.590. The standard InChI is InChI=1S/C16H26N2O2/c1-18(15-6-4-5-12(15)10-17)11-13-7-8-14(19-2)9-16(13)20-3/h7-9,12,15H,4-6,10-11,17H2,1-3H3. The van der Waals surface area contributed by atoms with E-state index in [1.54, 1.807) is 14.2 Å². The van der Waals surface area contributed by atoms with Gasteiger partial charge >= 0.3 is 0 Å². The van der Waals surface area contributed by atoms with Crippen LogP contribution in [0.25, 0.3) is 0 Å². The first-order chi connectivity index (χ1) is 9.69. The second kappa shape index (κ2) is 6.95. The minimum absolute atomic E-state index is 0.590. The lowest BCUT2D eigenvalue weighted by molar-refractivity contribution is 0.191. The Hall–Kier alpha value is -1.26. The van der Waals surface area contributed by atoms with E-state index in [2.05, 4.69) is 18.0 Å². The van der Waals surface area contributed by atoms with Gasteiger partial charge in [-0.15, -0.1) is 0 Å². The third-order valence-corrected chi connectivity index (χ3v) is 4.40. The number of nitrogens with two attached hydrogens (primary N) is 1. The Morgan fingerprint density at radius 1 is 1.25 bits per heavy atom. The van der Waals surface area contributed by atoms with Gasteiger partial charge in [0.25, 0.3) is 0 Å². The molecule has 2 unspecified atom stereocenters. The molecular weight excluding hydrogens is 252 g/mol. The molecule has 0 bridgehead atoms. The number of nitrogens with zero attached hydrogens (tertiary/aromatic N) is 1. The summed E-state index contributed by atoms with van der Waals surface area (Å²) in [5.41, 5.74) is 7.07. The van der Waals surface area contributed by atoms with Gasteiger partial charge in [0.2, 0.25) is 0 Å². The minimum Gasteiger partial charge on any atom is -0.497 e. The lowest BCUT2D eigenvalue weighted by atomic mass is 10.0. The molecule has 1 aromatic rings. The third kappa shape index (κ3) is 3.25. The third-order valence-electron chi connectivity index (χ3n) is 4.40. The van der Waals surface area contributed by atoms with Crippen LogP contribution in [0.3, 0.4) is 0 Å². The molecule has 112 valence electrons. The second-order valence-electron chi connectivity index (χ2n) is 5.59. The molecule has 4 nitrogen and oxygen atoms in total. The van der Waals surface area contributed by atoms with Crippen LogP contribution in [0.5, 0.6) is 11.5 Å². The Bertz CT molecular complexity index is 436. The lowest BCUT2D eigenvalue weighted by Crippen LogP contribution is -2.37. The van der Waals surface area contributed by atoms with Crippen molar-refractivity contribution in [1.29, 1.82) is 0 Å². The Kier molecular flexibility index (Phi) is 5.26. The second-order valence-corrected chi connectivity index (χ2v) is 5.59. The number of hydrogen-bond donors (Lipinski definition) is 1. The summed E-state index contributed by atoms with van der Waals surface area (Å²) >= 11 is 0. The molecule has 1 saturated carbocycles. The Labute approximate surface area is 121 Å². The number of hydrogen-bond acceptors (Lipinski definition) is 4. The van der Waals surface area contributed by atoms with Crippen molar-refractivity contribution >= 4 is 0 Å². The largest absolute Gasteiger partial charge is 0.497 e. The molecule has 2 rings (SSSR count). The average Bonchev–Trinajstić information content (AvgIpc) is 2.96. The maximum Gasteiger partial charge on any atom is 0.127 e. The first kappa shape index (κ1) is 15.1. The van der Waals surface area contributed by atoms with Gasteiger partial charge in [0.1, 0.15) is 11.5 Å². The van der Waals surface area contributed by atoms with E-state index in [1.165, 1.54) is 24.8 Å². The molecule has 0 aromatic heterocycles. The smallest absolute Gasteiger partial charge is 0.127 e. The van der Waals surface area contributed by atoms with Crippen LogP contribution < -0.4 is 15.2 Å². The summed E-state index contributed by atoms with van der Waals surface area (Å²) < 4.78 is 10.7. The van der Waals surface area contributed by atoms with Crippen LogP contribution >= 0.6 is 0 Å². The molecule has 4 heteroatoms. The molecule has 0 spiro atoms. The number of ether oxygens (including phenoxy) is 2. The zero-order chi connectivity index (χ0) is 14.5. The molecule has 1 aliphatic rings. The maximum absolute atomic E-state index is 5.88. The number of methoxy groups -OCH3 is 2.